The molecule has 0 radical (unpaired) electrons. The van der Waals surface area contributed by atoms with E-state index in [0.29, 0.717) is 11.6 Å². The minimum Gasteiger partial charge on any atom is -0.495 e. The predicted octanol–water partition coefficient (Wildman–Crippen LogP) is 3.14. The van der Waals surface area contributed by atoms with Gasteiger partial charge in [0, 0.05) is 23.2 Å². The average molecular weight is 397 g/mol. The third-order valence-corrected chi connectivity index (χ3v) is 5.57. The lowest BCUT2D eigenvalue weighted by Crippen LogP contribution is -2.28. The van der Waals surface area contributed by atoms with Gasteiger partial charge in [0.25, 0.3) is 5.91 Å². The van der Waals surface area contributed by atoms with Gasteiger partial charge in [0.15, 0.2) is 0 Å². The third-order valence-electron chi connectivity index (χ3n) is 3.75. The van der Waals surface area contributed by atoms with Crippen molar-refractivity contribution in [1.29, 1.82) is 0 Å². The molecule has 0 aliphatic heterocycles. The summed E-state index contributed by atoms with van der Waals surface area (Å²) in [5.74, 6) is -0.189. The summed E-state index contributed by atoms with van der Waals surface area (Å²) < 4.78 is 33.5. The fourth-order valence-corrected chi connectivity index (χ4v) is 3.96. The molecule has 1 atom stereocenters. The van der Waals surface area contributed by atoms with E-state index < -0.39 is 16.1 Å². The summed E-state index contributed by atoms with van der Waals surface area (Å²) in [5.41, 5.74) is 1.00. The number of hydrogen-bond donors (Lipinski definition) is 2. The Morgan fingerprint density at radius 3 is 2.42 bits per heavy atom. The van der Waals surface area contributed by atoms with E-state index in [4.69, 9.17) is 16.3 Å². The van der Waals surface area contributed by atoms with Crippen LogP contribution in [0.5, 0.6) is 5.75 Å². The molecule has 6 nitrogen and oxygen atoms in total. The number of carbonyl (C=O) groups is 1. The van der Waals surface area contributed by atoms with E-state index in [-0.39, 0.29) is 22.1 Å². The number of benzene rings is 2. The Labute approximate surface area is 158 Å². The number of nitrogens with one attached hydrogen (secondary N) is 2. The van der Waals surface area contributed by atoms with Gasteiger partial charge in [-0.2, -0.15) is 0 Å². The number of methoxy groups -OCH3 is 1. The van der Waals surface area contributed by atoms with Gasteiger partial charge in [0.1, 0.15) is 10.6 Å². The Morgan fingerprint density at radius 2 is 1.85 bits per heavy atom. The van der Waals surface area contributed by atoms with Crippen LogP contribution in [-0.2, 0) is 10.0 Å². The maximum atomic E-state index is 12.8. The Balaban J connectivity index is 2.35. The first-order chi connectivity index (χ1) is 12.3. The van der Waals surface area contributed by atoms with Gasteiger partial charge in [-0.1, -0.05) is 23.7 Å². The van der Waals surface area contributed by atoms with E-state index in [1.165, 1.54) is 25.3 Å². The third kappa shape index (κ3) is 4.75. The lowest BCUT2D eigenvalue weighted by molar-refractivity contribution is 0.0955. The van der Waals surface area contributed by atoms with Crippen molar-refractivity contribution in [3.63, 3.8) is 0 Å². The van der Waals surface area contributed by atoms with Gasteiger partial charge in [0.2, 0.25) is 10.0 Å². The summed E-state index contributed by atoms with van der Waals surface area (Å²) >= 11 is 5.86. The van der Waals surface area contributed by atoms with Crippen LogP contribution in [0.25, 0.3) is 0 Å². The summed E-state index contributed by atoms with van der Waals surface area (Å²) in [6.07, 6.45) is 0. The SMILES string of the molecule is CCNC(=O)c1ccc(OC)c(S(=O)(=O)N[C@H](C)c2ccc(Cl)cc2)c1. The first kappa shape index (κ1) is 20.2. The molecule has 0 aromatic heterocycles. The van der Waals surface area contributed by atoms with Gasteiger partial charge in [0.05, 0.1) is 7.11 Å². The maximum absolute atomic E-state index is 12.8. The Kier molecular flexibility index (Phi) is 6.63. The molecule has 1 amide bonds. The minimum atomic E-state index is -3.92. The molecule has 0 heterocycles. The number of carbonyl (C=O) groups excluding carboxylic acids is 1. The van der Waals surface area contributed by atoms with Gasteiger partial charge < -0.3 is 10.1 Å². The number of ether oxygens (including phenoxy) is 1. The van der Waals surface area contributed by atoms with E-state index in [1.807, 2.05) is 0 Å². The number of halogens is 1. The highest BCUT2D eigenvalue weighted by molar-refractivity contribution is 7.89. The number of amides is 1. The molecular weight excluding hydrogens is 376 g/mol. The second-order valence-electron chi connectivity index (χ2n) is 5.62. The van der Waals surface area contributed by atoms with Crippen molar-refractivity contribution in [2.24, 2.45) is 0 Å². The van der Waals surface area contributed by atoms with E-state index in [1.54, 1.807) is 38.1 Å². The second-order valence-corrected chi connectivity index (χ2v) is 7.74. The molecular formula is C18H21ClN2O4S. The van der Waals surface area contributed by atoms with Crippen molar-refractivity contribution in [2.45, 2.75) is 24.8 Å². The summed E-state index contributed by atoms with van der Waals surface area (Å²) in [4.78, 5) is 11.9. The number of hydrogen-bond acceptors (Lipinski definition) is 4. The van der Waals surface area contributed by atoms with Crippen LogP contribution in [0.3, 0.4) is 0 Å². The highest BCUT2D eigenvalue weighted by Crippen LogP contribution is 2.27. The van der Waals surface area contributed by atoms with E-state index >= 15 is 0 Å². The van der Waals surface area contributed by atoms with Crippen molar-refractivity contribution >= 4 is 27.5 Å². The zero-order chi connectivity index (χ0) is 19.3. The molecule has 0 fully saturated rings. The van der Waals surface area contributed by atoms with E-state index in [0.717, 1.165) is 5.56 Å². The van der Waals surface area contributed by atoms with Crippen LogP contribution < -0.4 is 14.8 Å². The van der Waals surface area contributed by atoms with Crippen molar-refractivity contribution < 1.29 is 17.9 Å². The van der Waals surface area contributed by atoms with Crippen LogP contribution in [0.2, 0.25) is 5.02 Å². The minimum absolute atomic E-state index is 0.0930. The monoisotopic (exact) mass is 396 g/mol. The van der Waals surface area contributed by atoms with Gasteiger partial charge in [-0.15, -0.1) is 0 Å². The molecule has 0 saturated carbocycles. The van der Waals surface area contributed by atoms with Crippen LogP contribution in [0, 0.1) is 0 Å². The molecule has 0 unspecified atom stereocenters. The normalized spacial score (nSPS) is 12.5. The second kappa shape index (κ2) is 8.53. The molecule has 0 spiro atoms. The predicted molar refractivity (Wildman–Crippen MR) is 101 cm³/mol. The molecule has 0 aliphatic rings. The molecule has 0 bridgehead atoms. The average Bonchev–Trinajstić information content (AvgIpc) is 2.61. The van der Waals surface area contributed by atoms with Crippen LogP contribution in [0.4, 0.5) is 0 Å². The first-order valence-corrected chi connectivity index (χ1v) is 9.88. The molecule has 26 heavy (non-hydrogen) atoms. The molecule has 0 aliphatic carbocycles. The van der Waals surface area contributed by atoms with E-state index in [2.05, 4.69) is 10.0 Å². The molecule has 2 aromatic rings. The largest absolute Gasteiger partial charge is 0.495 e. The van der Waals surface area contributed by atoms with Crippen LogP contribution in [0.1, 0.15) is 35.8 Å². The molecule has 2 aromatic carbocycles. The molecule has 140 valence electrons. The first-order valence-electron chi connectivity index (χ1n) is 8.02. The standard InChI is InChI=1S/C18H21ClN2O4S/c1-4-20-18(22)14-7-10-16(25-3)17(11-14)26(23,24)21-12(2)13-5-8-15(19)9-6-13/h5-12,21H,4H2,1-3H3,(H,20,22)/t12-/m1/s1. The smallest absolute Gasteiger partial charge is 0.251 e. The van der Waals surface area contributed by atoms with Gasteiger partial charge in [-0.25, -0.2) is 13.1 Å². The molecule has 8 heteroatoms. The highest BCUT2D eigenvalue weighted by Gasteiger charge is 2.24. The molecule has 0 saturated heterocycles. The zero-order valence-corrected chi connectivity index (χ0v) is 16.3. The van der Waals surface area contributed by atoms with Crippen LogP contribution >= 0.6 is 11.6 Å². The maximum Gasteiger partial charge on any atom is 0.251 e. The summed E-state index contributed by atoms with van der Waals surface area (Å²) in [5, 5.41) is 3.21. The van der Waals surface area contributed by atoms with Crippen molar-refractivity contribution in [3.05, 3.63) is 58.6 Å². The fraction of sp³-hybridized carbons (Fsp3) is 0.278. The zero-order valence-electron chi connectivity index (χ0n) is 14.7. The van der Waals surface area contributed by atoms with Crippen molar-refractivity contribution in [3.8, 4) is 5.75 Å². The lowest BCUT2D eigenvalue weighted by Gasteiger charge is -2.17. The topological polar surface area (TPSA) is 84.5 Å². The quantitative estimate of drug-likeness (QED) is 0.753. The van der Waals surface area contributed by atoms with Crippen molar-refractivity contribution in [1.82, 2.24) is 10.0 Å². The molecule has 2 N–H and O–H groups in total. The highest BCUT2D eigenvalue weighted by atomic mass is 35.5. The Bertz CT molecular complexity index is 883. The Hall–Kier alpha value is -2.09. The number of rotatable bonds is 7. The van der Waals surface area contributed by atoms with Gasteiger partial charge >= 0.3 is 0 Å². The van der Waals surface area contributed by atoms with Crippen molar-refractivity contribution in [2.75, 3.05) is 13.7 Å². The van der Waals surface area contributed by atoms with Crippen LogP contribution in [0.15, 0.2) is 47.4 Å². The summed E-state index contributed by atoms with van der Waals surface area (Å²) in [6.45, 7) is 3.95. The van der Waals surface area contributed by atoms with Crippen LogP contribution in [-0.4, -0.2) is 28.0 Å². The van der Waals surface area contributed by atoms with Gasteiger partial charge in [-0.05, 0) is 49.7 Å². The summed E-state index contributed by atoms with van der Waals surface area (Å²) in [6, 6.07) is 10.7. The summed E-state index contributed by atoms with van der Waals surface area (Å²) in [7, 11) is -2.54. The Morgan fingerprint density at radius 1 is 1.19 bits per heavy atom. The molecule has 2 rings (SSSR count). The van der Waals surface area contributed by atoms with E-state index in [9.17, 15) is 13.2 Å². The lowest BCUT2D eigenvalue weighted by atomic mass is 10.1. The van der Waals surface area contributed by atoms with Gasteiger partial charge in [-0.3, -0.25) is 4.79 Å². The fourth-order valence-electron chi connectivity index (χ4n) is 2.41. The number of sulfonamides is 1.